The molecule has 4 aliphatic rings. The molecule has 0 radical (unpaired) electrons. The highest BCUT2D eigenvalue weighted by Gasteiger charge is 2.65. The molecule has 0 aromatic heterocycles. The minimum absolute atomic E-state index is 0.227. The lowest BCUT2D eigenvalue weighted by Gasteiger charge is -2.63. The molecule has 6 heteroatoms. The minimum Gasteiger partial charge on any atom is -0.466 e. The first kappa shape index (κ1) is 25.0. The van der Waals surface area contributed by atoms with Crippen molar-refractivity contribution < 1.29 is 29.3 Å². The van der Waals surface area contributed by atoms with Gasteiger partial charge < -0.3 is 19.7 Å². The molecule has 0 amide bonds. The second-order valence-corrected chi connectivity index (χ2v) is 12.1. The number of aliphatic hydroxyl groups is 2. The largest absolute Gasteiger partial charge is 0.466 e. The van der Waals surface area contributed by atoms with Gasteiger partial charge in [-0.3, -0.25) is 4.79 Å². The van der Waals surface area contributed by atoms with Crippen molar-refractivity contribution in [3.63, 3.8) is 0 Å². The fraction of sp³-hybridized carbons (Fsp3) is 0.926. The quantitative estimate of drug-likeness (QED) is 0.575. The zero-order valence-electron chi connectivity index (χ0n) is 20.9. The molecule has 0 bridgehead atoms. The van der Waals surface area contributed by atoms with Crippen molar-refractivity contribution in [1.29, 1.82) is 0 Å². The summed E-state index contributed by atoms with van der Waals surface area (Å²) in [5.74, 6) is 1.25. The zero-order chi connectivity index (χ0) is 24.0. The molecule has 0 aromatic carbocycles. The van der Waals surface area contributed by atoms with Crippen LogP contribution < -0.4 is 0 Å². The van der Waals surface area contributed by atoms with Crippen LogP contribution >= 0.6 is 0 Å². The van der Waals surface area contributed by atoms with Crippen molar-refractivity contribution in [3.8, 4) is 0 Å². The molecule has 0 heterocycles. The normalized spacial score (nSPS) is 45.3. The van der Waals surface area contributed by atoms with Crippen molar-refractivity contribution in [1.82, 2.24) is 0 Å². The Kier molecular flexibility index (Phi) is 7.18. The SMILES string of the molecule is COC(=O)COC(=O)CCC(C)C1CCC2C3C(O)CC4CCCCC4(C)C3CC(O)C12C. The standard InChI is InChI=1S/C27H44O6/c1-16(8-11-23(30)33-15-24(31)32-4)18-9-10-19-25-20(14-22(29)27(18,19)3)26(2)12-6-5-7-17(26)13-21(25)28/h16-22,25,28-29H,5-15H2,1-4H3. The molecule has 2 N–H and O–H groups in total. The van der Waals surface area contributed by atoms with Gasteiger partial charge in [-0.05, 0) is 91.3 Å². The average molecular weight is 465 g/mol. The number of aliphatic hydroxyl groups excluding tert-OH is 2. The van der Waals surface area contributed by atoms with Gasteiger partial charge in [0, 0.05) is 6.42 Å². The van der Waals surface area contributed by atoms with Crippen LogP contribution in [-0.2, 0) is 19.1 Å². The Morgan fingerprint density at radius 2 is 1.79 bits per heavy atom. The predicted molar refractivity (Wildman–Crippen MR) is 124 cm³/mol. The maximum absolute atomic E-state index is 12.1. The van der Waals surface area contributed by atoms with Gasteiger partial charge in [0.25, 0.3) is 0 Å². The van der Waals surface area contributed by atoms with Crippen LogP contribution in [0.15, 0.2) is 0 Å². The molecule has 4 aliphatic carbocycles. The number of ether oxygens (including phenoxy) is 2. The monoisotopic (exact) mass is 464 g/mol. The third-order valence-electron chi connectivity index (χ3n) is 10.8. The van der Waals surface area contributed by atoms with E-state index in [1.807, 2.05) is 0 Å². The molecule has 4 fully saturated rings. The molecule has 0 aromatic rings. The van der Waals surface area contributed by atoms with Gasteiger partial charge in [0.2, 0.25) is 0 Å². The van der Waals surface area contributed by atoms with Gasteiger partial charge in [-0.1, -0.05) is 33.6 Å². The van der Waals surface area contributed by atoms with Gasteiger partial charge in [0.15, 0.2) is 6.61 Å². The zero-order valence-corrected chi connectivity index (χ0v) is 20.9. The number of hydrogen-bond acceptors (Lipinski definition) is 6. The van der Waals surface area contributed by atoms with E-state index in [2.05, 4.69) is 25.5 Å². The number of carbonyl (C=O) groups excluding carboxylic acids is 2. The second kappa shape index (κ2) is 9.49. The van der Waals surface area contributed by atoms with E-state index in [0.29, 0.717) is 30.1 Å². The molecule has 10 atom stereocenters. The second-order valence-electron chi connectivity index (χ2n) is 12.1. The summed E-state index contributed by atoms with van der Waals surface area (Å²) >= 11 is 0. The van der Waals surface area contributed by atoms with Gasteiger partial charge in [-0.2, -0.15) is 0 Å². The summed E-state index contributed by atoms with van der Waals surface area (Å²) in [6, 6.07) is 0. The van der Waals surface area contributed by atoms with E-state index in [-0.39, 0.29) is 53.9 Å². The molecule has 188 valence electrons. The first-order chi connectivity index (χ1) is 15.6. The Morgan fingerprint density at radius 1 is 1.03 bits per heavy atom. The topological polar surface area (TPSA) is 93.1 Å². The highest BCUT2D eigenvalue weighted by molar-refractivity contribution is 5.76. The third-order valence-corrected chi connectivity index (χ3v) is 10.8. The summed E-state index contributed by atoms with van der Waals surface area (Å²) in [5.41, 5.74) is 0.0207. The van der Waals surface area contributed by atoms with E-state index in [1.165, 1.54) is 32.8 Å². The average Bonchev–Trinajstić information content (AvgIpc) is 3.15. The van der Waals surface area contributed by atoms with E-state index in [9.17, 15) is 19.8 Å². The Bertz CT molecular complexity index is 738. The van der Waals surface area contributed by atoms with Gasteiger partial charge in [-0.25, -0.2) is 4.79 Å². The smallest absolute Gasteiger partial charge is 0.344 e. The van der Waals surface area contributed by atoms with Gasteiger partial charge in [-0.15, -0.1) is 0 Å². The van der Waals surface area contributed by atoms with Crippen LogP contribution in [0.2, 0.25) is 0 Å². The number of hydrogen-bond donors (Lipinski definition) is 2. The molecule has 10 unspecified atom stereocenters. The fourth-order valence-corrected chi connectivity index (χ4v) is 9.00. The van der Waals surface area contributed by atoms with Crippen LogP contribution in [0.25, 0.3) is 0 Å². The molecule has 0 saturated heterocycles. The number of methoxy groups -OCH3 is 1. The highest BCUT2D eigenvalue weighted by Crippen LogP contribution is 2.68. The molecule has 6 nitrogen and oxygen atoms in total. The molecule has 0 spiro atoms. The van der Waals surface area contributed by atoms with Crippen molar-refractivity contribution in [2.24, 2.45) is 46.3 Å². The van der Waals surface area contributed by atoms with Crippen LogP contribution in [0, 0.1) is 46.3 Å². The third kappa shape index (κ3) is 4.24. The lowest BCUT2D eigenvalue weighted by molar-refractivity contribution is -0.201. The number of esters is 2. The van der Waals surface area contributed by atoms with Crippen LogP contribution in [-0.4, -0.2) is 48.1 Å². The summed E-state index contributed by atoms with van der Waals surface area (Å²) in [7, 11) is 1.27. The van der Waals surface area contributed by atoms with Crippen molar-refractivity contribution in [3.05, 3.63) is 0 Å². The van der Waals surface area contributed by atoms with E-state index in [0.717, 1.165) is 25.7 Å². The maximum atomic E-state index is 12.1. The van der Waals surface area contributed by atoms with Crippen molar-refractivity contribution >= 4 is 11.9 Å². The van der Waals surface area contributed by atoms with E-state index >= 15 is 0 Å². The van der Waals surface area contributed by atoms with Gasteiger partial charge in [0.1, 0.15) is 0 Å². The molecule has 4 rings (SSSR count). The Balaban J connectivity index is 1.45. The minimum atomic E-state index is -0.553. The summed E-state index contributed by atoms with van der Waals surface area (Å²) in [4.78, 5) is 23.3. The summed E-state index contributed by atoms with van der Waals surface area (Å²) in [6.45, 7) is 6.54. The number of rotatable bonds is 6. The first-order valence-corrected chi connectivity index (χ1v) is 13.2. The van der Waals surface area contributed by atoms with Gasteiger partial charge in [0.05, 0.1) is 19.3 Å². The lowest BCUT2D eigenvalue weighted by atomic mass is 9.43. The molecular weight excluding hydrogens is 420 g/mol. The number of carbonyl (C=O) groups is 2. The molecule has 0 aliphatic heterocycles. The molecule has 33 heavy (non-hydrogen) atoms. The van der Waals surface area contributed by atoms with E-state index < -0.39 is 5.97 Å². The summed E-state index contributed by atoms with van der Waals surface area (Å²) in [5, 5.41) is 23.0. The van der Waals surface area contributed by atoms with Crippen molar-refractivity contribution in [2.75, 3.05) is 13.7 Å². The first-order valence-electron chi connectivity index (χ1n) is 13.2. The highest BCUT2D eigenvalue weighted by atomic mass is 16.6. The predicted octanol–water partition coefficient (Wildman–Crippen LogP) is 4.11. The summed E-state index contributed by atoms with van der Waals surface area (Å²) in [6.07, 6.45) is 9.12. The van der Waals surface area contributed by atoms with E-state index in [1.54, 1.807) is 0 Å². The lowest BCUT2D eigenvalue weighted by Crippen LogP contribution is -2.61. The Hall–Kier alpha value is -1.14. The van der Waals surface area contributed by atoms with Gasteiger partial charge >= 0.3 is 11.9 Å². The maximum Gasteiger partial charge on any atom is 0.344 e. The van der Waals surface area contributed by atoms with Crippen LogP contribution in [0.5, 0.6) is 0 Å². The molecular formula is C27H44O6. The van der Waals surface area contributed by atoms with Crippen LogP contribution in [0.3, 0.4) is 0 Å². The Labute approximate surface area is 198 Å². The Morgan fingerprint density at radius 3 is 2.52 bits per heavy atom. The fourth-order valence-electron chi connectivity index (χ4n) is 9.00. The number of fused-ring (bicyclic) bond motifs is 5. The molecule has 4 saturated carbocycles. The summed E-state index contributed by atoms with van der Waals surface area (Å²) < 4.78 is 9.53. The van der Waals surface area contributed by atoms with Crippen LogP contribution in [0.4, 0.5) is 0 Å². The van der Waals surface area contributed by atoms with Crippen LogP contribution in [0.1, 0.15) is 85.0 Å². The van der Waals surface area contributed by atoms with E-state index in [4.69, 9.17) is 4.74 Å². The van der Waals surface area contributed by atoms with Crippen molar-refractivity contribution in [2.45, 2.75) is 97.2 Å².